The van der Waals surface area contributed by atoms with Crippen LogP contribution in [-0.4, -0.2) is 72.1 Å². The van der Waals surface area contributed by atoms with Gasteiger partial charge in [-0.2, -0.15) is 5.10 Å². The van der Waals surface area contributed by atoms with Crippen molar-refractivity contribution in [2.75, 3.05) is 19.6 Å². The number of carbonyl (C=O) groups is 2. The van der Waals surface area contributed by atoms with Crippen LogP contribution in [0.1, 0.15) is 59.5 Å². The highest BCUT2D eigenvalue weighted by Crippen LogP contribution is 2.25. The Morgan fingerprint density at radius 2 is 1.81 bits per heavy atom. The van der Waals surface area contributed by atoms with Gasteiger partial charge in [0.1, 0.15) is 0 Å². The van der Waals surface area contributed by atoms with Crippen molar-refractivity contribution in [2.24, 2.45) is 7.05 Å². The molecule has 1 unspecified atom stereocenters. The summed E-state index contributed by atoms with van der Waals surface area (Å²) in [7, 11) is 1.87. The summed E-state index contributed by atoms with van der Waals surface area (Å²) in [5.74, 6) is -0.0414. The number of fused-ring (bicyclic) bond motifs is 1. The number of amides is 2. The van der Waals surface area contributed by atoms with Crippen molar-refractivity contribution in [2.45, 2.75) is 51.1 Å². The molecule has 168 valence electrons. The van der Waals surface area contributed by atoms with Gasteiger partial charge in [-0.25, -0.2) is 0 Å². The van der Waals surface area contributed by atoms with Crippen LogP contribution in [0, 0.1) is 0 Å². The van der Waals surface area contributed by atoms with Gasteiger partial charge in [0, 0.05) is 44.7 Å². The third kappa shape index (κ3) is 3.87. The topological polar surface area (TPSA) is 89.2 Å². The largest absolute Gasteiger partial charge is 0.337 e. The first-order chi connectivity index (χ1) is 15.6. The van der Waals surface area contributed by atoms with Crippen molar-refractivity contribution < 1.29 is 9.59 Å². The first-order valence-corrected chi connectivity index (χ1v) is 11.5. The molecule has 0 radical (unpaired) electrons. The molecule has 3 aromatic rings. The van der Waals surface area contributed by atoms with Crippen molar-refractivity contribution in [3.05, 3.63) is 41.9 Å². The normalized spacial score (nSPS) is 19.1. The van der Waals surface area contributed by atoms with E-state index in [0.29, 0.717) is 17.9 Å². The molecule has 2 aromatic heterocycles. The molecule has 0 N–H and O–H groups in total. The standard InChI is InChI=1S/C23H29N7O2/c1-27-20-10-3-2-9-18(20)21(25-27)23(32)30-14-5-4-8-17(30)11-15-29-16-19(24-26-29)22(31)28-12-6-7-13-28/h2-3,9-10,16-17H,4-8,11-15H2,1H3. The average Bonchev–Trinajstić information content (AvgIpc) is 3.58. The van der Waals surface area contributed by atoms with Gasteiger partial charge in [0.05, 0.1) is 11.7 Å². The summed E-state index contributed by atoms with van der Waals surface area (Å²) >= 11 is 0. The fraction of sp³-hybridized carbons (Fsp3) is 0.522. The zero-order valence-corrected chi connectivity index (χ0v) is 18.5. The van der Waals surface area contributed by atoms with E-state index in [1.54, 1.807) is 15.6 Å². The van der Waals surface area contributed by atoms with E-state index in [2.05, 4.69) is 15.4 Å². The lowest BCUT2D eigenvalue weighted by atomic mass is 9.98. The van der Waals surface area contributed by atoms with E-state index in [4.69, 9.17) is 0 Å². The van der Waals surface area contributed by atoms with E-state index >= 15 is 0 Å². The van der Waals surface area contributed by atoms with Crippen LogP contribution in [0.3, 0.4) is 0 Å². The lowest BCUT2D eigenvalue weighted by Gasteiger charge is -2.35. The highest BCUT2D eigenvalue weighted by atomic mass is 16.2. The van der Waals surface area contributed by atoms with E-state index in [1.807, 2.05) is 41.1 Å². The molecule has 0 spiro atoms. The SMILES string of the molecule is Cn1nc(C(=O)N2CCCCC2CCn2cc(C(=O)N3CCCC3)nn2)c2ccccc21. The zero-order chi connectivity index (χ0) is 22.1. The highest BCUT2D eigenvalue weighted by molar-refractivity contribution is 6.05. The number of aromatic nitrogens is 5. The molecule has 2 aliphatic rings. The summed E-state index contributed by atoms with van der Waals surface area (Å²) in [6.07, 6.45) is 7.69. The summed E-state index contributed by atoms with van der Waals surface area (Å²) in [5, 5.41) is 13.7. The molecule has 2 aliphatic heterocycles. The third-order valence-electron chi connectivity index (χ3n) is 6.69. The summed E-state index contributed by atoms with van der Waals surface area (Å²) in [6, 6.07) is 7.98. The fourth-order valence-corrected chi connectivity index (χ4v) is 4.95. The predicted molar refractivity (Wildman–Crippen MR) is 119 cm³/mol. The number of hydrogen-bond acceptors (Lipinski definition) is 5. The van der Waals surface area contributed by atoms with Gasteiger partial charge in [0.15, 0.2) is 11.4 Å². The van der Waals surface area contributed by atoms with Crippen molar-refractivity contribution in [1.29, 1.82) is 0 Å². The average molecular weight is 436 g/mol. The molecule has 5 rings (SSSR count). The van der Waals surface area contributed by atoms with Crippen molar-refractivity contribution >= 4 is 22.7 Å². The molecular weight excluding hydrogens is 406 g/mol. The fourth-order valence-electron chi connectivity index (χ4n) is 4.95. The predicted octanol–water partition coefficient (Wildman–Crippen LogP) is 2.49. The van der Waals surface area contributed by atoms with Crippen LogP contribution in [-0.2, 0) is 13.6 Å². The third-order valence-corrected chi connectivity index (χ3v) is 6.69. The molecule has 9 nitrogen and oxygen atoms in total. The summed E-state index contributed by atoms with van der Waals surface area (Å²) in [5.41, 5.74) is 1.89. The second-order valence-electron chi connectivity index (χ2n) is 8.79. The van der Waals surface area contributed by atoms with E-state index < -0.39 is 0 Å². The number of likely N-dealkylation sites (tertiary alicyclic amines) is 2. The molecule has 32 heavy (non-hydrogen) atoms. The number of aryl methyl sites for hydroxylation is 2. The Morgan fingerprint density at radius 3 is 2.66 bits per heavy atom. The van der Waals surface area contributed by atoms with E-state index in [0.717, 1.165) is 69.1 Å². The molecule has 9 heteroatoms. The lowest BCUT2D eigenvalue weighted by molar-refractivity contribution is 0.0588. The van der Waals surface area contributed by atoms with Crippen LogP contribution >= 0.6 is 0 Å². The van der Waals surface area contributed by atoms with Crippen LogP contribution in [0.15, 0.2) is 30.5 Å². The van der Waals surface area contributed by atoms with E-state index in [9.17, 15) is 9.59 Å². The molecule has 2 saturated heterocycles. The van der Waals surface area contributed by atoms with Crippen molar-refractivity contribution in [3.63, 3.8) is 0 Å². The first kappa shape index (κ1) is 20.7. The smallest absolute Gasteiger partial charge is 0.276 e. The molecule has 2 fully saturated rings. The molecule has 2 amide bonds. The zero-order valence-electron chi connectivity index (χ0n) is 18.5. The molecule has 1 aromatic carbocycles. The summed E-state index contributed by atoms with van der Waals surface area (Å²) in [4.78, 5) is 29.8. The van der Waals surface area contributed by atoms with Gasteiger partial charge in [-0.3, -0.25) is 19.0 Å². The number of hydrogen-bond donors (Lipinski definition) is 0. The van der Waals surface area contributed by atoms with Gasteiger partial charge in [-0.15, -0.1) is 5.10 Å². The minimum atomic E-state index is -0.0368. The quantitative estimate of drug-likeness (QED) is 0.614. The number of carbonyl (C=O) groups excluding carboxylic acids is 2. The van der Waals surface area contributed by atoms with Gasteiger partial charge in [-0.1, -0.05) is 23.4 Å². The molecule has 1 atom stereocenters. The van der Waals surface area contributed by atoms with Gasteiger partial charge in [0.25, 0.3) is 11.8 Å². The molecule has 4 heterocycles. The lowest BCUT2D eigenvalue weighted by Crippen LogP contribution is -2.44. The summed E-state index contributed by atoms with van der Waals surface area (Å²) < 4.78 is 3.51. The van der Waals surface area contributed by atoms with Crippen molar-refractivity contribution in [1.82, 2.24) is 34.6 Å². The maximum atomic E-state index is 13.5. The Balaban J connectivity index is 1.28. The Hall–Kier alpha value is -3.23. The van der Waals surface area contributed by atoms with Crippen LogP contribution in [0.2, 0.25) is 0 Å². The minimum Gasteiger partial charge on any atom is -0.337 e. The van der Waals surface area contributed by atoms with E-state index in [1.165, 1.54) is 0 Å². The van der Waals surface area contributed by atoms with E-state index in [-0.39, 0.29) is 17.9 Å². The van der Waals surface area contributed by atoms with Gasteiger partial charge in [0.2, 0.25) is 0 Å². The Labute approximate surface area is 187 Å². The van der Waals surface area contributed by atoms with Crippen LogP contribution < -0.4 is 0 Å². The van der Waals surface area contributed by atoms with Gasteiger partial charge < -0.3 is 9.80 Å². The second kappa shape index (κ2) is 8.72. The van der Waals surface area contributed by atoms with Crippen LogP contribution in [0.5, 0.6) is 0 Å². The van der Waals surface area contributed by atoms with Crippen LogP contribution in [0.4, 0.5) is 0 Å². The van der Waals surface area contributed by atoms with Crippen LogP contribution in [0.25, 0.3) is 10.9 Å². The molecular formula is C23H29N7O2. The van der Waals surface area contributed by atoms with Gasteiger partial charge >= 0.3 is 0 Å². The van der Waals surface area contributed by atoms with Crippen molar-refractivity contribution in [3.8, 4) is 0 Å². The molecule has 0 bridgehead atoms. The Kier molecular flexibility index (Phi) is 5.63. The highest BCUT2D eigenvalue weighted by Gasteiger charge is 2.30. The maximum Gasteiger partial charge on any atom is 0.276 e. The number of piperidine rings is 1. The number of benzene rings is 1. The maximum absolute atomic E-state index is 13.5. The number of nitrogens with zero attached hydrogens (tertiary/aromatic N) is 7. The first-order valence-electron chi connectivity index (χ1n) is 11.5. The number of para-hydroxylation sites is 1. The van der Waals surface area contributed by atoms with Gasteiger partial charge in [-0.05, 0) is 44.6 Å². The molecule has 0 saturated carbocycles. The Morgan fingerprint density at radius 1 is 1.03 bits per heavy atom. The number of rotatable bonds is 5. The monoisotopic (exact) mass is 435 g/mol. The summed E-state index contributed by atoms with van der Waals surface area (Å²) in [6.45, 7) is 2.96. The Bertz CT molecular complexity index is 1130. The molecule has 0 aliphatic carbocycles. The second-order valence-corrected chi connectivity index (χ2v) is 8.79. The minimum absolute atomic E-state index is 0.00464.